The number of carbonyl (C=O) groups is 1. The Bertz CT molecular complexity index is 943. The average Bonchev–Trinajstić information content (AvgIpc) is 2.99. The van der Waals surface area contributed by atoms with Crippen molar-refractivity contribution in [2.24, 2.45) is 0 Å². The van der Waals surface area contributed by atoms with Crippen molar-refractivity contribution in [3.05, 3.63) is 45.9 Å². The minimum Gasteiger partial charge on any atom is -0.494 e. The Morgan fingerprint density at radius 3 is 2.72 bits per heavy atom. The third kappa shape index (κ3) is 3.98. The van der Waals surface area contributed by atoms with Gasteiger partial charge in [-0.3, -0.25) is 10.1 Å². The minimum atomic E-state index is -0.332. The number of carbonyl (C=O) groups excluding carboxylic acids is 1. The highest BCUT2D eigenvalue weighted by Crippen LogP contribution is 2.34. The Balaban J connectivity index is 1.70. The van der Waals surface area contributed by atoms with Crippen LogP contribution in [0.1, 0.15) is 5.56 Å². The number of ether oxygens (including phenoxy) is 2. The molecular formula is C17H14Cl2N2O3S. The Morgan fingerprint density at radius 1 is 1.24 bits per heavy atom. The lowest BCUT2D eigenvalue weighted by molar-refractivity contribution is -0.118. The average molecular weight is 397 g/mol. The van der Waals surface area contributed by atoms with Gasteiger partial charge >= 0.3 is 0 Å². The van der Waals surface area contributed by atoms with Gasteiger partial charge in [0.1, 0.15) is 17.0 Å². The smallest absolute Gasteiger partial charge is 0.264 e. The number of benzene rings is 2. The van der Waals surface area contributed by atoms with E-state index in [1.54, 1.807) is 25.3 Å². The van der Waals surface area contributed by atoms with Crippen molar-refractivity contribution < 1.29 is 14.3 Å². The second-order valence-corrected chi connectivity index (χ2v) is 7.04. The summed E-state index contributed by atoms with van der Waals surface area (Å²) in [6, 6.07) is 8.62. The first-order chi connectivity index (χ1) is 12.0. The molecule has 3 rings (SSSR count). The highest BCUT2D eigenvalue weighted by molar-refractivity contribution is 7.22. The first-order valence-electron chi connectivity index (χ1n) is 7.29. The van der Waals surface area contributed by atoms with Crippen LogP contribution in [0.4, 0.5) is 5.13 Å². The van der Waals surface area contributed by atoms with E-state index in [1.807, 2.05) is 19.1 Å². The Morgan fingerprint density at radius 2 is 2.00 bits per heavy atom. The van der Waals surface area contributed by atoms with Crippen LogP contribution in [0.15, 0.2) is 30.3 Å². The number of aryl methyl sites for hydroxylation is 1. The minimum absolute atomic E-state index is 0.187. The number of thiazole rings is 1. The summed E-state index contributed by atoms with van der Waals surface area (Å²) < 4.78 is 11.7. The second-order valence-electron chi connectivity index (χ2n) is 5.19. The number of hydrogen-bond donors (Lipinski definition) is 1. The largest absolute Gasteiger partial charge is 0.494 e. The van der Waals surface area contributed by atoms with E-state index in [1.165, 1.54) is 11.3 Å². The molecule has 0 atom stereocenters. The van der Waals surface area contributed by atoms with Gasteiger partial charge in [0.15, 0.2) is 11.7 Å². The summed E-state index contributed by atoms with van der Waals surface area (Å²) in [6.45, 7) is 1.80. The zero-order chi connectivity index (χ0) is 18.0. The lowest BCUT2D eigenvalue weighted by Gasteiger charge is -2.07. The van der Waals surface area contributed by atoms with E-state index in [-0.39, 0.29) is 12.5 Å². The summed E-state index contributed by atoms with van der Waals surface area (Å²) in [7, 11) is 1.59. The molecule has 1 amide bonds. The maximum atomic E-state index is 12.1. The van der Waals surface area contributed by atoms with Gasteiger partial charge in [-0.1, -0.05) is 40.6 Å². The summed E-state index contributed by atoms with van der Waals surface area (Å²) >= 11 is 13.2. The van der Waals surface area contributed by atoms with E-state index in [9.17, 15) is 4.79 Å². The maximum absolute atomic E-state index is 12.1. The summed E-state index contributed by atoms with van der Waals surface area (Å²) in [6.07, 6.45) is 0. The Kier molecular flexibility index (Phi) is 5.32. The van der Waals surface area contributed by atoms with Crippen LogP contribution in [0, 0.1) is 6.92 Å². The van der Waals surface area contributed by atoms with Crippen molar-refractivity contribution in [2.45, 2.75) is 6.92 Å². The molecule has 0 radical (unpaired) electrons. The highest BCUT2D eigenvalue weighted by Gasteiger charge is 2.14. The fourth-order valence-corrected chi connectivity index (χ4v) is 3.65. The van der Waals surface area contributed by atoms with Gasteiger partial charge in [-0.2, -0.15) is 0 Å². The molecular weight excluding hydrogens is 383 g/mol. The predicted octanol–water partition coefficient (Wildman–Crippen LogP) is 4.94. The van der Waals surface area contributed by atoms with Crippen LogP contribution in [-0.2, 0) is 4.79 Å². The van der Waals surface area contributed by atoms with Gasteiger partial charge in [-0.25, -0.2) is 4.98 Å². The van der Waals surface area contributed by atoms with Crippen molar-refractivity contribution in [1.29, 1.82) is 0 Å². The van der Waals surface area contributed by atoms with Crippen molar-refractivity contribution in [3.8, 4) is 11.5 Å². The van der Waals surface area contributed by atoms with E-state index in [4.69, 9.17) is 32.7 Å². The number of methoxy groups -OCH3 is 1. The van der Waals surface area contributed by atoms with Gasteiger partial charge in [0.05, 0.1) is 16.8 Å². The number of nitrogens with zero attached hydrogens (tertiary/aromatic N) is 1. The van der Waals surface area contributed by atoms with Crippen LogP contribution in [0.25, 0.3) is 10.2 Å². The number of aromatic nitrogens is 1. The van der Waals surface area contributed by atoms with Gasteiger partial charge in [-0.05, 0) is 36.8 Å². The molecule has 0 saturated carbocycles. The highest BCUT2D eigenvalue weighted by atomic mass is 35.5. The van der Waals surface area contributed by atoms with Crippen molar-refractivity contribution in [3.63, 3.8) is 0 Å². The molecule has 0 unspecified atom stereocenters. The summed E-state index contributed by atoms with van der Waals surface area (Å²) in [5.74, 6) is 0.728. The van der Waals surface area contributed by atoms with Crippen LogP contribution in [0.5, 0.6) is 11.5 Å². The number of hydrogen-bond acceptors (Lipinski definition) is 5. The number of rotatable bonds is 5. The fourth-order valence-electron chi connectivity index (χ4n) is 2.22. The molecule has 3 aromatic rings. The van der Waals surface area contributed by atoms with Gasteiger partial charge in [0.2, 0.25) is 0 Å². The fraction of sp³-hybridized carbons (Fsp3) is 0.176. The molecule has 8 heteroatoms. The first kappa shape index (κ1) is 17.8. The van der Waals surface area contributed by atoms with Crippen LogP contribution < -0.4 is 14.8 Å². The van der Waals surface area contributed by atoms with E-state index in [0.717, 1.165) is 15.8 Å². The lowest BCUT2D eigenvalue weighted by Crippen LogP contribution is -2.20. The van der Waals surface area contributed by atoms with E-state index >= 15 is 0 Å². The van der Waals surface area contributed by atoms with E-state index < -0.39 is 0 Å². The monoisotopic (exact) mass is 396 g/mol. The van der Waals surface area contributed by atoms with E-state index in [0.29, 0.717) is 26.7 Å². The predicted molar refractivity (Wildman–Crippen MR) is 101 cm³/mol. The number of halogens is 2. The van der Waals surface area contributed by atoms with Crippen molar-refractivity contribution in [2.75, 3.05) is 19.0 Å². The summed E-state index contributed by atoms with van der Waals surface area (Å²) in [4.78, 5) is 16.5. The van der Waals surface area contributed by atoms with Crippen LogP contribution >= 0.6 is 34.5 Å². The molecule has 1 aromatic heterocycles. The second kappa shape index (κ2) is 7.47. The molecule has 0 fully saturated rings. The molecule has 0 bridgehead atoms. The van der Waals surface area contributed by atoms with Crippen LogP contribution in [0.2, 0.25) is 10.0 Å². The number of fused-ring (bicyclic) bond motifs is 1. The molecule has 0 spiro atoms. The molecule has 0 aliphatic heterocycles. The number of amides is 1. The molecule has 2 aromatic carbocycles. The number of anilines is 1. The van der Waals surface area contributed by atoms with Crippen molar-refractivity contribution in [1.82, 2.24) is 4.98 Å². The molecule has 130 valence electrons. The zero-order valence-electron chi connectivity index (χ0n) is 13.4. The topological polar surface area (TPSA) is 60.5 Å². The third-order valence-corrected chi connectivity index (χ3v) is 5.06. The lowest BCUT2D eigenvalue weighted by atomic mass is 10.2. The normalized spacial score (nSPS) is 10.7. The van der Waals surface area contributed by atoms with Gasteiger partial charge in [0, 0.05) is 5.02 Å². The van der Waals surface area contributed by atoms with Gasteiger partial charge in [-0.15, -0.1) is 0 Å². The molecule has 0 aliphatic rings. The Labute approximate surface area is 158 Å². The quantitative estimate of drug-likeness (QED) is 0.663. The zero-order valence-corrected chi connectivity index (χ0v) is 15.8. The molecule has 0 aliphatic carbocycles. The SMILES string of the molecule is COc1ccc(C)c2sc(NC(=O)COc3ccc(Cl)cc3Cl)nc12. The van der Waals surface area contributed by atoms with Crippen molar-refractivity contribution >= 4 is 55.8 Å². The third-order valence-electron chi connectivity index (χ3n) is 3.42. The molecule has 1 heterocycles. The summed E-state index contributed by atoms with van der Waals surface area (Å²) in [5.41, 5.74) is 1.79. The molecule has 5 nitrogen and oxygen atoms in total. The van der Waals surface area contributed by atoms with Gasteiger partial charge in [0.25, 0.3) is 5.91 Å². The Hall–Kier alpha value is -2.02. The maximum Gasteiger partial charge on any atom is 0.264 e. The van der Waals surface area contributed by atoms with E-state index in [2.05, 4.69) is 10.3 Å². The van der Waals surface area contributed by atoms with Gasteiger partial charge < -0.3 is 9.47 Å². The first-order valence-corrected chi connectivity index (χ1v) is 8.87. The molecule has 25 heavy (non-hydrogen) atoms. The van der Waals surface area contributed by atoms with Crippen LogP contribution in [-0.4, -0.2) is 24.6 Å². The summed E-state index contributed by atoms with van der Waals surface area (Å²) in [5, 5.41) is 4.06. The standard InChI is InChI=1S/C17H14Cl2N2O3S/c1-9-3-5-13(23-2)15-16(9)25-17(21-15)20-14(22)8-24-12-6-4-10(18)7-11(12)19/h3-7H,8H2,1-2H3,(H,20,21,22). The molecule has 1 N–H and O–H groups in total. The number of nitrogens with one attached hydrogen (secondary N) is 1. The van der Waals surface area contributed by atoms with Crippen LogP contribution in [0.3, 0.4) is 0 Å². The molecule has 0 saturated heterocycles.